The number of alkyl halides is 2. The second kappa shape index (κ2) is 18.1. The van der Waals surface area contributed by atoms with Gasteiger partial charge in [-0.25, -0.2) is 18.7 Å². The van der Waals surface area contributed by atoms with Crippen molar-refractivity contribution in [2.75, 3.05) is 101 Å². The molecule has 0 aromatic carbocycles. The van der Waals surface area contributed by atoms with Crippen LogP contribution >= 0.6 is 0 Å². The minimum atomic E-state index is -2.87. The molecule has 0 spiro atoms. The van der Waals surface area contributed by atoms with Crippen LogP contribution in [0.4, 0.5) is 26.6 Å². The molecule has 2 N–H and O–H groups in total. The number of hydrogen-bond acceptors (Lipinski definition) is 12. The number of morpholine rings is 1. The molecule has 0 unspecified atom stereocenters. The third-order valence-corrected chi connectivity index (χ3v) is 9.51. The van der Waals surface area contributed by atoms with Crippen LogP contribution in [0, 0.1) is 5.92 Å². The maximum Gasteiger partial charge on any atom is 0.281 e. The SMILES string of the molecule is CCC1CCN(C(=O)/C=C/CN2CCCCC2)CC1.Nc1ncc(-c2nc(N3CCOCC3)nc(N3CCN(C=O)CC3)n2)c(C(F)F)n1. The number of likely N-dealkylation sites (tertiary alicyclic amines) is 2. The minimum absolute atomic E-state index is 0.00360. The lowest BCUT2D eigenvalue weighted by molar-refractivity contribution is -0.127. The summed E-state index contributed by atoms with van der Waals surface area (Å²) in [4.78, 5) is 53.9. The molecule has 0 radical (unpaired) electrons. The number of nitrogens with two attached hydrogens (primary N) is 1. The number of rotatable bonds is 9. The quantitative estimate of drug-likeness (QED) is 0.306. The van der Waals surface area contributed by atoms with Crippen LogP contribution in [-0.4, -0.2) is 137 Å². The zero-order chi connectivity index (χ0) is 34.6. The number of piperazine rings is 1. The van der Waals surface area contributed by atoms with E-state index in [0.717, 1.165) is 32.0 Å². The molecular weight excluding hydrogens is 636 g/mol. The normalized spacial score (nSPS) is 19.7. The topological polar surface area (TPSA) is 150 Å². The summed E-state index contributed by atoms with van der Waals surface area (Å²) >= 11 is 0. The van der Waals surface area contributed by atoms with Gasteiger partial charge in [-0.3, -0.25) is 14.5 Å². The van der Waals surface area contributed by atoms with Gasteiger partial charge in [0.05, 0.1) is 18.8 Å². The summed E-state index contributed by atoms with van der Waals surface area (Å²) in [7, 11) is 0. The number of carbonyl (C=O) groups is 2. The van der Waals surface area contributed by atoms with Crippen molar-refractivity contribution in [3.05, 3.63) is 24.0 Å². The lowest BCUT2D eigenvalue weighted by atomic mass is 9.94. The fourth-order valence-corrected chi connectivity index (χ4v) is 6.41. The maximum atomic E-state index is 13.6. The molecule has 4 saturated heterocycles. The second-order valence-corrected chi connectivity index (χ2v) is 12.8. The average Bonchev–Trinajstić information content (AvgIpc) is 3.15. The van der Waals surface area contributed by atoms with Crippen molar-refractivity contribution >= 4 is 30.2 Å². The summed E-state index contributed by atoms with van der Waals surface area (Å²) in [6.45, 7) is 11.7. The van der Waals surface area contributed by atoms with Crippen LogP contribution < -0.4 is 15.5 Å². The average molecular weight is 686 g/mol. The molecule has 16 heteroatoms. The van der Waals surface area contributed by atoms with Crippen molar-refractivity contribution in [1.82, 2.24) is 39.6 Å². The summed E-state index contributed by atoms with van der Waals surface area (Å²) in [6, 6.07) is 0. The third kappa shape index (κ3) is 10.2. The summed E-state index contributed by atoms with van der Waals surface area (Å²) in [5.41, 5.74) is 4.97. The molecule has 0 aliphatic carbocycles. The molecule has 0 saturated carbocycles. The number of ether oxygens (including phenoxy) is 1. The van der Waals surface area contributed by atoms with Gasteiger partial charge in [-0.2, -0.15) is 15.0 Å². The summed E-state index contributed by atoms with van der Waals surface area (Å²) < 4.78 is 32.6. The molecule has 268 valence electrons. The van der Waals surface area contributed by atoms with Gasteiger partial charge in [-0.15, -0.1) is 0 Å². The summed E-state index contributed by atoms with van der Waals surface area (Å²) in [5.74, 6) is 1.57. The van der Waals surface area contributed by atoms with E-state index < -0.39 is 12.1 Å². The number of amides is 2. The molecule has 2 amide bonds. The van der Waals surface area contributed by atoms with Gasteiger partial charge in [-0.1, -0.05) is 25.8 Å². The number of nitrogens with zero attached hydrogens (tertiary/aromatic N) is 10. The Bertz CT molecular complexity index is 1390. The molecule has 14 nitrogen and oxygen atoms in total. The summed E-state index contributed by atoms with van der Waals surface area (Å²) in [6.07, 6.45) is 10.6. The Morgan fingerprint density at radius 1 is 0.918 bits per heavy atom. The first kappa shape index (κ1) is 36.2. The molecule has 6 rings (SSSR count). The smallest absolute Gasteiger partial charge is 0.281 e. The van der Waals surface area contributed by atoms with Crippen molar-refractivity contribution in [3.63, 3.8) is 0 Å². The van der Waals surface area contributed by atoms with E-state index in [4.69, 9.17) is 10.5 Å². The van der Waals surface area contributed by atoms with E-state index in [-0.39, 0.29) is 23.2 Å². The van der Waals surface area contributed by atoms with Crippen LogP contribution in [0.1, 0.15) is 57.6 Å². The van der Waals surface area contributed by atoms with E-state index >= 15 is 0 Å². The van der Waals surface area contributed by atoms with E-state index in [2.05, 4.69) is 42.8 Å². The van der Waals surface area contributed by atoms with E-state index in [9.17, 15) is 18.4 Å². The lowest BCUT2D eigenvalue weighted by Gasteiger charge is -2.33. The Morgan fingerprint density at radius 3 is 2.18 bits per heavy atom. The van der Waals surface area contributed by atoms with Gasteiger partial charge in [0.1, 0.15) is 5.69 Å². The highest BCUT2D eigenvalue weighted by Gasteiger charge is 2.26. The number of carbonyl (C=O) groups excluding carboxylic acids is 2. The predicted molar refractivity (Wildman–Crippen MR) is 182 cm³/mol. The molecule has 0 bridgehead atoms. The number of hydrogen-bond donors (Lipinski definition) is 1. The fourth-order valence-electron chi connectivity index (χ4n) is 6.41. The first-order valence-corrected chi connectivity index (χ1v) is 17.5. The first-order chi connectivity index (χ1) is 23.8. The number of halogens is 2. The lowest BCUT2D eigenvalue weighted by Crippen LogP contribution is -2.46. The van der Waals surface area contributed by atoms with Crippen molar-refractivity contribution in [1.29, 1.82) is 0 Å². The third-order valence-electron chi connectivity index (χ3n) is 9.51. The molecule has 4 fully saturated rings. The van der Waals surface area contributed by atoms with Crippen LogP contribution in [-0.2, 0) is 14.3 Å². The highest BCUT2D eigenvalue weighted by Crippen LogP contribution is 2.30. The molecule has 49 heavy (non-hydrogen) atoms. The standard InChI is InChI=1S/C17H21F2N9O2.C16H28N2O/c18-13(19)12-11(9-21-15(20)22-12)14-23-16(27-3-1-26(10-29)2-4-27)25-17(24-14)28-5-7-30-8-6-28;1-2-15-8-13-18(14-9-15)16(19)7-6-12-17-10-4-3-5-11-17/h9-10,13H,1-8H2,(H2,20,21,22);6-7,15H,2-5,8-14H2,1H3/b;7-6+. The van der Waals surface area contributed by atoms with Crippen LogP contribution in [0.2, 0.25) is 0 Å². The molecule has 2 aromatic heterocycles. The van der Waals surface area contributed by atoms with Gasteiger partial charge in [0.2, 0.25) is 30.2 Å². The molecular formula is C33H49F2N11O3. The van der Waals surface area contributed by atoms with E-state index in [1.807, 2.05) is 14.7 Å². The number of nitrogen functional groups attached to an aromatic ring is 1. The van der Waals surface area contributed by atoms with Gasteiger partial charge in [-0.05, 0) is 44.7 Å². The van der Waals surface area contributed by atoms with E-state index in [0.29, 0.717) is 64.4 Å². The first-order valence-electron chi connectivity index (χ1n) is 17.5. The van der Waals surface area contributed by atoms with Gasteiger partial charge >= 0.3 is 0 Å². The van der Waals surface area contributed by atoms with Crippen molar-refractivity contribution in [2.24, 2.45) is 5.92 Å². The van der Waals surface area contributed by atoms with Gasteiger partial charge in [0.15, 0.2) is 5.82 Å². The van der Waals surface area contributed by atoms with Gasteiger partial charge in [0, 0.05) is 71.2 Å². The monoisotopic (exact) mass is 685 g/mol. The fraction of sp³-hybridized carbons (Fsp3) is 0.667. The second-order valence-electron chi connectivity index (χ2n) is 12.8. The molecule has 2 aromatic rings. The van der Waals surface area contributed by atoms with Crippen molar-refractivity contribution in [3.8, 4) is 11.4 Å². The van der Waals surface area contributed by atoms with Gasteiger partial charge < -0.3 is 30.1 Å². The number of aromatic nitrogens is 5. The van der Waals surface area contributed by atoms with E-state index in [1.165, 1.54) is 57.8 Å². The predicted octanol–water partition coefficient (Wildman–Crippen LogP) is 2.64. The zero-order valence-electron chi connectivity index (χ0n) is 28.4. The highest BCUT2D eigenvalue weighted by atomic mass is 19.3. The molecule has 6 heterocycles. The molecule has 4 aliphatic rings. The minimum Gasteiger partial charge on any atom is -0.378 e. The van der Waals surface area contributed by atoms with Crippen LogP contribution in [0.15, 0.2) is 18.3 Å². The number of piperidine rings is 2. The Balaban J connectivity index is 0.000000212. The summed E-state index contributed by atoms with van der Waals surface area (Å²) in [5, 5.41) is 0. The Morgan fingerprint density at radius 2 is 1.57 bits per heavy atom. The van der Waals surface area contributed by atoms with Crippen LogP contribution in [0.25, 0.3) is 11.4 Å². The highest BCUT2D eigenvalue weighted by molar-refractivity contribution is 5.87. The van der Waals surface area contributed by atoms with Gasteiger partial charge in [0.25, 0.3) is 6.43 Å². The zero-order valence-corrected chi connectivity index (χ0v) is 28.4. The van der Waals surface area contributed by atoms with Crippen molar-refractivity contribution < 1.29 is 23.1 Å². The van der Waals surface area contributed by atoms with Crippen molar-refractivity contribution in [2.45, 2.75) is 51.9 Å². The molecule has 0 atom stereocenters. The number of anilines is 3. The Kier molecular flexibility index (Phi) is 13.4. The Labute approximate surface area is 286 Å². The maximum absolute atomic E-state index is 13.6. The van der Waals surface area contributed by atoms with Crippen LogP contribution in [0.3, 0.4) is 0 Å². The van der Waals surface area contributed by atoms with E-state index in [1.54, 1.807) is 11.0 Å². The largest absolute Gasteiger partial charge is 0.378 e. The van der Waals surface area contributed by atoms with Crippen LogP contribution in [0.5, 0.6) is 0 Å². The molecule has 4 aliphatic heterocycles. The Hall–Kier alpha value is -4.05.